The molecule has 1 aliphatic rings. The van der Waals surface area contributed by atoms with E-state index in [-0.39, 0.29) is 6.10 Å². The van der Waals surface area contributed by atoms with Gasteiger partial charge in [-0.2, -0.15) is 5.10 Å². The molecule has 4 nitrogen and oxygen atoms in total. The Kier molecular flexibility index (Phi) is 2.10. The normalized spacial score (nSPS) is 29.4. The number of ether oxygens (including phenoxy) is 1. The molecule has 2 atom stereocenters. The SMILES string of the molecule is NC[C@@H]1CCO[C@H]1c1cn[nH]c1. The van der Waals surface area contributed by atoms with Crippen molar-refractivity contribution >= 4 is 0 Å². The highest BCUT2D eigenvalue weighted by Crippen LogP contribution is 2.32. The minimum Gasteiger partial charge on any atom is -0.373 e. The molecule has 2 rings (SSSR count). The molecule has 0 bridgehead atoms. The van der Waals surface area contributed by atoms with Crippen molar-refractivity contribution in [2.45, 2.75) is 12.5 Å². The van der Waals surface area contributed by atoms with Crippen LogP contribution in [0.2, 0.25) is 0 Å². The van der Waals surface area contributed by atoms with Crippen molar-refractivity contribution in [1.29, 1.82) is 0 Å². The number of hydrogen-bond donors (Lipinski definition) is 2. The van der Waals surface area contributed by atoms with Crippen molar-refractivity contribution in [3.8, 4) is 0 Å². The van der Waals surface area contributed by atoms with E-state index < -0.39 is 0 Å². The lowest BCUT2D eigenvalue weighted by Gasteiger charge is -2.14. The van der Waals surface area contributed by atoms with E-state index in [1.165, 1.54) is 0 Å². The molecule has 0 aliphatic carbocycles. The molecule has 0 unspecified atom stereocenters. The van der Waals surface area contributed by atoms with Gasteiger partial charge in [0, 0.05) is 24.3 Å². The highest BCUT2D eigenvalue weighted by Gasteiger charge is 2.28. The Hall–Kier alpha value is -0.870. The molecule has 0 amide bonds. The second-order valence-electron chi connectivity index (χ2n) is 3.11. The quantitative estimate of drug-likeness (QED) is 0.672. The van der Waals surface area contributed by atoms with E-state index in [1.54, 1.807) is 6.20 Å². The summed E-state index contributed by atoms with van der Waals surface area (Å²) in [6.07, 6.45) is 4.90. The largest absolute Gasteiger partial charge is 0.373 e. The molecule has 4 heteroatoms. The predicted molar refractivity (Wildman–Crippen MR) is 44.4 cm³/mol. The maximum atomic E-state index is 5.62. The summed E-state index contributed by atoms with van der Waals surface area (Å²) in [6.45, 7) is 1.51. The Morgan fingerprint density at radius 2 is 2.67 bits per heavy atom. The van der Waals surface area contributed by atoms with Gasteiger partial charge in [-0.25, -0.2) is 0 Å². The molecule has 12 heavy (non-hydrogen) atoms. The molecule has 1 aromatic heterocycles. The number of aromatic nitrogens is 2. The highest BCUT2D eigenvalue weighted by molar-refractivity contribution is 5.10. The van der Waals surface area contributed by atoms with Crippen LogP contribution in [-0.4, -0.2) is 23.3 Å². The van der Waals surface area contributed by atoms with Crippen LogP contribution >= 0.6 is 0 Å². The molecule has 1 fully saturated rings. The lowest BCUT2D eigenvalue weighted by Crippen LogP contribution is -2.17. The number of aromatic amines is 1. The number of nitrogens with one attached hydrogen (secondary N) is 1. The van der Waals surface area contributed by atoms with Gasteiger partial charge < -0.3 is 10.5 Å². The fourth-order valence-electron chi connectivity index (χ4n) is 1.66. The Labute approximate surface area is 71.1 Å². The van der Waals surface area contributed by atoms with E-state index >= 15 is 0 Å². The summed E-state index contributed by atoms with van der Waals surface area (Å²) in [7, 11) is 0. The lowest BCUT2D eigenvalue weighted by atomic mass is 9.98. The van der Waals surface area contributed by atoms with Gasteiger partial charge in [-0.15, -0.1) is 0 Å². The van der Waals surface area contributed by atoms with Crippen LogP contribution in [0.15, 0.2) is 12.4 Å². The highest BCUT2D eigenvalue weighted by atomic mass is 16.5. The number of H-pyrrole nitrogens is 1. The zero-order valence-electron chi connectivity index (χ0n) is 6.86. The van der Waals surface area contributed by atoms with E-state index in [9.17, 15) is 0 Å². The molecule has 0 aromatic carbocycles. The first-order chi connectivity index (χ1) is 5.92. The third-order valence-corrected chi connectivity index (χ3v) is 2.36. The summed E-state index contributed by atoms with van der Waals surface area (Å²) in [4.78, 5) is 0. The van der Waals surface area contributed by atoms with Gasteiger partial charge in [0.2, 0.25) is 0 Å². The van der Waals surface area contributed by atoms with Crippen LogP contribution in [0, 0.1) is 5.92 Å². The van der Waals surface area contributed by atoms with Crippen LogP contribution in [0.1, 0.15) is 18.1 Å². The van der Waals surface area contributed by atoms with Crippen LogP contribution in [0.4, 0.5) is 0 Å². The maximum Gasteiger partial charge on any atom is 0.0896 e. The number of nitrogens with zero attached hydrogens (tertiary/aromatic N) is 1. The second-order valence-corrected chi connectivity index (χ2v) is 3.11. The summed E-state index contributed by atoms with van der Waals surface area (Å²) < 4.78 is 5.56. The fourth-order valence-corrected chi connectivity index (χ4v) is 1.66. The van der Waals surface area contributed by atoms with Gasteiger partial charge in [0.05, 0.1) is 12.3 Å². The summed E-state index contributed by atoms with van der Waals surface area (Å²) in [5.74, 6) is 0.461. The van der Waals surface area contributed by atoms with Crippen molar-refractivity contribution in [2.24, 2.45) is 11.7 Å². The molecule has 0 spiro atoms. The van der Waals surface area contributed by atoms with Crippen molar-refractivity contribution < 1.29 is 4.74 Å². The van der Waals surface area contributed by atoms with Gasteiger partial charge in [-0.05, 0) is 13.0 Å². The van der Waals surface area contributed by atoms with Gasteiger partial charge in [0.25, 0.3) is 0 Å². The molecular formula is C8H13N3O. The molecule has 1 aromatic rings. The van der Waals surface area contributed by atoms with Gasteiger partial charge in [0.15, 0.2) is 0 Å². The average Bonchev–Trinajstić information content (AvgIpc) is 2.74. The number of hydrogen-bond acceptors (Lipinski definition) is 3. The molecular weight excluding hydrogens is 154 g/mol. The first-order valence-corrected chi connectivity index (χ1v) is 4.22. The molecule has 0 saturated carbocycles. The van der Waals surface area contributed by atoms with Crippen LogP contribution < -0.4 is 5.73 Å². The van der Waals surface area contributed by atoms with Crippen molar-refractivity contribution in [3.63, 3.8) is 0 Å². The topological polar surface area (TPSA) is 63.9 Å². The van der Waals surface area contributed by atoms with E-state index in [0.717, 1.165) is 18.6 Å². The Bertz CT molecular complexity index is 234. The second kappa shape index (κ2) is 3.25. The number of nitrogens with two attached hydrogens (primary N) is 1. The molecule has 1 saturated heterocycles. The summed E-state index contributed by atoms with van der Waals surface area (Å²) in [5, 5.41) is 6.67. The molecule has 3 N–H and O–H groups in total. The Morgan fingerprint density at radius 1 is 1.75 bits per heavy atom. The standard InChI is InChI=1S/C8H13N3O/c9-3-6-1-2-12-8(6)7-4-10-11-5-7/h4-6,8H,1-3,9H2,(H,10,11)/t6-,8+/m0/s1. The van der Waals surface area contributed by atoms with Gasteiger partial charge in [-0.1, -0.05) is 0 Å². The summed E-state index contributed by atoms with van der Waals surface area (Å²) in [5.41, 5.74) is 6.73. The lowest BCUT2D eigenvalue weighted by molar-refractivity contribution is 0.0925. The molecule has 1 aliphatic heterocycles. The zero-order chi connectivity index (χ0) is 8.39. The van der Waals surface area contributed by atoms with E-state index in [2.05, 4.69) is 10.2 Å². The Morgan fingerprint density at radius 3 is 3.33 bits per heavy atom. The maximum absolute atomic E-state index is 5.62. The monoisotopic (exact) mass is 167 g/mol. The first-order valence-electron chi connectivity index (χ1n) is 4.22. The zero-order valence-corrected chi connectivity index (χ0v) is 6.86. The fraction of sp³-hybridized carbons (Fsp3) is 0.625. The molecule has 2 heterocycles. The molecule has 0 radical (unpaired) electrons. The smallest absolute Gasteiger partial charge is 0.0896 e. The van der Waals surface area contributed by atoms with E-state index in [0.29, 0.717) is 12.5 Å². The van der Waals surface area contributed by atoms with E-state index in [1.807, 2.05) is 6.20 Å². The summed E-state index contributed by atoms with van der Waals surface area (Å²) >= 11 is 0. The van der Waals surface area contributed by atoms with Crippen molar-refractivity contribution in [2.75, 3.05) is 13.2 Å². The van der Waals surface area contributed by atoms with Crippen LogP contribution in [0.25, 0.3) is 0 Å². The van der Waals surface area contributed by atoms with Crippen molar-refractivity contribution in [1.82, 2.24) is 10.2 Å². The van der Waals surface area contributed by atoms with Gasteiger partial charge in [0.1, 0.15) is 0 Å². The third-order valence-electron chi connectivity index (χ3n) is 2.36. The predicted octanol–water partition coefficient (Wildman–Crippen LogP) is 0.446. The Balaban J connectivity index is 2.13. The van der Waals surface area contributed by atoms with Crippen LogP contribution in [-0.2, 0) is 4.74 Å². The van der Waals surface area contributed by atoms with Crippen LogP contribution in [0.5, 0.6) is 0 Å². The number of rotatable bonds is 2. The van der Waals surface area contributed by atoms with Crippen molar-refractivity contribution in [3.05, 3.63) is 18.0 Å². The van der Waals surface area contributed by atoms with Gasteiger partial charge in [-0.3, -0.25) is 5.10 Å². The third kappa shape index (κ3) is 1.23. The minimum atomic E-state index is 0.161. The summed E-state index contributed by atoms with van der Waals surface area (Å²) in [6, 6.07) is 0. The van der Waals surface area contributed by atoms with Gasteiger partial charge >= 0.3 is 0 Å². The average molecular weight is 167 g/mol. The van der Waals surface area contributed by atoms with E-state index in [4.69, 9.17) is 10.5 Å². The van der Waals surface area contributed by atoms with Crippen LogP contribution in [0.3, 0.4) is 0 Å². The minimum absolute atomic E-state index is 0.161. The molecule has 66 valence electrons. The first kappa shape index (κ1) is 7.76.